The summed E-state index contributed by atoms with van der Waals surface area (Å²) in [5.74, 6) is 0.473. The van der Waals surface area contributed by atoms with Crippen LogP contribution < -0.4 is 9.62 Å². The van der Waals surface area contributed by atoms with E-state index in [1.54, 1.807) is 18.2 Å². The molecule has 8 heteroatoms. The minimum Gasteiger partial charge on any atom is -0.359 e. The van der Waals surface area contributed by atoms with Crippen LogP contribution in [0.5, 0.6) is 0 Å². The number of aromatic nitrogens is 1. The molecule has 1 amide bonds. The van der Waals surface area contributed by atoms with Gasteiger partial charge in [-0.2, -0.15) is 0 Å². The van der Waals surface area contributed by atoms with Gasteiger partial charge in [-0.15, -0.1) is 0 Å². The summed E-state index contributed by atoms with van der Waals surface area (Å²) in [7, 11) is -3.80. The molecule has 1 aliphatic rings. The summed E-state index contributed by atoms with van der Waals surface area (Å²) in [6.45, 7) is 6.34. The number of para-hydroxylation sites is 1. The van der Waals surface area contributed by atoms with Gasteiger partial charge in [0.25, 0.3) is 15.9 Å². The Morgan fingerprint density at radius 2 is 1.87 bits per heavy atom. The molecule has 1 N–H and O–H groups in total. The molecule has 0 radical (unpaired) electrons. The average molecular weight is 440 g/mol. The highest BCUT2D eigenvalue weighted by atomic mass is 32.2. The minimum atomic E-state index is -3.80. The second-order valence-corrected chi connectivity index (χ2v) is 10.5. The Morgan fingerprint density at radius 1 is 1.10 bits per heavy atom. The summed E-state index contributed by atoms with van der Waals surface area (Å²) < 4.78 is 33.4. The summed E-state index contributed by atoms with van der Waals surface area (Å²) in [4.78, 5) is 12.8. The summed E-state index contributed by atoms with van der Waals surface area (Å²) in [5, 5.41) is 6.56. The van der Waals surface area contributed by atoms with Gasteiger partial charge in [-0.25, -0.2) is 8.42 Å². The standard InChI is InChI=1S/C23H25N3O4S/c1-23(2,3)20-15-21(25-30-20)24-22(27)17-9-6-11-18(14-17)31(28,29)26-13-7-10-16-8-4-5-12-19(16)26/h4-6,8-9,11-12,14-15H,7,10,13H2,1-3H3,(H,24,25,27). The number of nitrogens with one attached hydrogen (secondary N) is 1. The number of aryl methyl sites for hydroxylation is 1. The molecule has 7 nitrogen and oxygen atoms in total. The Bertz CT molecular complexity index is 1230. The minimum absolute atomic E-state index is 0.0763. The highest BCUT2D eigenvalue weighted by Crippen LogP contribution is 2.32. The van der Waals surface area contributed by atoms with Crippen molar-refractivity contribution in [3.63, 3.8) is 0 Å². The molecule has 2 aromatic carbocycles. The highest BCUT2D eigenvalue weighted by molar-refractivity contribution is 7.92. The second kappa shape index (κ2) is 7.85. The fourth-order valence-electron chi connectivity index (χ4n) is 3.55. The number of amides is 1. The first-order valence-electron chi connectivity index (χ1n) is 10.2. The molecule has 3 aromatic rings. The molecule has 162 valence electrons. The number of sulfonamides is 1. The van der Waals surface area contributed by atoms with E-state index in [9.17, 15) is 13.2 Å². The van der Waals surface area contributed by atoms with Crippen molar-refractivity contribution in [3.05, 3.63) is 71.5 Å². The van der Waals surface area contributed by atoms with Crippen LogP contribution in [0.1, 0.15) is 48.9 Å². The summed E-state index contributed by atoms with van der Waals surface area (Å²) in [5.41, 5.74) is 1.69. The lowest BCUT2D eigenvalue weighted by atomic mass is 9.93. The van der Waals surface area contributed by atoms with Crippen LogP contribution in [0.25, 0.3) is 0 Å². The first-order valence-corrected chi connectivity index (χ1v) is 11.6. The molecule has 4 rings (SSSR count). The van der Waals surface area contributed by atoms with Crippen LogP contribution in [0.2, 0.25) is 0 Å². The van der Waals surface area contributed by atoms with Crippen LogP contribution in [0, 0.1) is 0 Å². The largest absolute Gasteiger partial charge is 0.359 e. The summed E-state index contributed by atoms with van der Waals surface area (Å²) in [6, 6.07) is 15.2. The van der Waals surface area contributed by atoms with Crippen molar-refractivity contribution in [2.75, 3.05) is 16.2 Å². The maximum atomic E-state index is 13.4. The molecule has 0 aliphatic carbocycles. The first-order chi connectivity index (χ1) is 14.7. The van der Waals surface area contributed by atoms with E-state index < -0.39 is 15.9 Å². The molecular formula is C23H25N3O4S. The zero-order valence-corrected chi connectivity index (χ0v) is 18.6. The van der Waals surface area contributed by atoms with Crippen molar-refractivity contribution in [2.45, 2.75) is 43.9 Å². The lowest BCUT2D eigenvalue weighted by Crippen LogP contribution is -2.35. The van der Waals surface area contributed by atoms with Crippen LogP contribution in [0.3, 0.4) is 0 Å². The lowest BCUT2D eigenvalue weighted by Gasteiger charge is -2.30. The molecule has 0 spiro atoms. The third-order valence-electron chi connectivity index (χ3n) is 5.24. The number of nitrogens with zero attached hydrogens (tertiary/aromatic N) is 2. The van der Waals surface area contributed by atoms with Crippen LogP contribution in [0.4, 0.5) is 11.5 Å². The van der Waals surface area contributed by atoms with Crippen molar-refractivity contribution in [1.29, 1.82) is 0 Å². The number of hydrogen-bond donors (Lipinski definition) is 1. The van der Waals surface area contributed by atoms with Crippen molar-refractivity contribution >= 4 is 27.4 Å². The van der Waals surface area contributed by atoms with Crippen molar-refractivity contribution in [3.8, 4) is 0 Å². The van der Waals surface area contributed by atoms with E-state index in [1.165, 1.54) is 16.4 Å². The van der Waals surface area contributed by atoms with Crippen molar-refractivity contribution < 1.29 is 17.7 Å². The fraction of sp³-hybridized carbons (Fsp3) is 0.304. The first kappa shape index (κ1) is 21.1. The van der Waals surface area contributed by atoms with E-state index >= 15 is 0 Å². The van der Waals surface area contributed by atoms with Gasteiger partial charge in [0, 0.05) is 23.6 Å². The predicted octanol–water partition coefficient (Wildman–Crippen LogP) is 4.37. The van der Waals surface area contributed by atoms with E-state index in [-0.39, 0.29) is 21.7 Å². The molecule has 0 atom stereocenters. The third kappa shape index (κ3) is 4.20. The van der Waals surface area contributed by atoms with Crippen LogP contribution in [-0.4, -0.2) is 26.0 Å². The molecule has 0 bridgehead atoms. The van der Waals surface area contributed by atoms with Gasteiger partial charge >= 0.3 is 0 Å². The average Bonchev–Trinajstić information content (AvgIpc) is 3.22. The predicted molar refractivity (Wildman–Crippen MR) is 119 cm³/mol. The number of carbonyl (C=O) groups is 1. The van der Waals surface area contributed by atoms with Crippen LogP contribution in [-0.2, 0) is 21.9 Å². The number of hydrogen-bond acceptors (Lipinski definition) is 5. The smallest absolute Gasteiger partial charge is 0.264 e. The van der Waals surface area contributed by atoms with E-state index in [0.29, 0.717) is 18.0 Å². The maximum Gasteiger partial charge on any atom is 0.264 e. The quantitative estimate of drug-likeness (QED) is 0.652. The number of carbonyl (C=O) groups excluding carboxylic acids is 1. The van der Waals surface area contributed by atoms with Gasteiger partial charge < -0.3 is 9.84 Å². The van der Waals surface area contributed by atoms with Crippen molar-refractivity contribution in [2.24, 2.45) is 0 Å². The normalized spacial score (nSPS) is 14.2. The molecule has 0 saturated carbocycles. The Hall–Kier alpha value is -3.13. The third-order valence-corrected chi connectivity index (χ3v) is 7.05. The topological polar surface area (TPSA) is 92.5 Å². The maximum absolute atomic E-state index is 13.4. The molecule has 0 saturated heterocycles. The summed E-state index contributed by atoms with van der Waals surface area (Å²) >= 11 is 0. The van der Waals surface area contributed by atoms with Gasteiger partial charge in [0.15, 0.2) is 5.82 Å². The molecule has 31 heavy (non-hydrogen) atoms. The number of benzene rings is 2. The monoisotopic (exact) mass is 439 g/mol. The molecule has 1 aliphatic heterocycles. The van der Waals surface area contributed by atoms with E-state index in [4.69, 9.17) is 4.52 Å². The van der Waals surface area contributed by atoms with Gasteiger partial charge in [-0.05, 0) is 42.7 Å². The van der Waals surface area contributed by atoms with Gasteiger partial charge in [0.2, 0.25) is 0 Å². The highest BCUT2D eigenvalue weighted by Gasteiger charge is 2.29. The lowest BCUT2D eigenvalue weighted by molar-refractivity contribution is 0.102. The SMILES string of the molecule is CC(C)(C)c1cc(NC(=O)c2cccc(S(=O)(=O)N3CCCc4ccccc43)c2)no1. The van der Waals surface area contributed by atoms with Gasteiger partial charge in [0.05, 0.1) is 10.6 Å². The Morgan fingerprint density at radius 3 is 2.61 bits per heavy atom. The number of fused-ring (bicyclic) bond motifs is 1. The summed E-state index contributed by atoms with van der Waals surface area (Å²) in [6.07, 6.45) is 1.59. The Labute approximate surface area is 182 Å². The van der Waals surface area contributed by atoms with E-state index in [0.717, 1.165) is 18.4 Å². The van der Waals surface area contributed by atoms with Crippen molar-refractivity contribution in [1.82, 2.24) is 5.16 Å². The van der Waals surface area contributed by atoms with Crippen LogP contribution >= 0.6 is 0 Å². The van der Waals surface area contributed by atoms with E-state index in [2.05, 4.69) is 10.5 Å². The van der Waals surface area contributed by atoms with Gasteiger partial charge in [-0.1, -0.05) is 50.2 Å². The Balaban J connectivity index is 1.60. The molecule has 0 fully saturated rings. The van der Waals surface area contributed by atoms with Crippen LogP contribution in [0.15, 0.2) is 64.0 Å². The number of rotatable bonds is 4. The van der Waals surface area contributed by atoms with E-state index in [1.807, 2.05) is 45.0 Å². The Kier molecular flexibility index (Phi) is 5.35. The second-order valence-electron chi connectivity index (χ2n) is 8.62. The zero-order valence-electron chi connectivity index (χ0n) is 17.8. The number of anilines is 2. The fourth-order valence-corrected chi connectivity index (χ4v) is 5.14. The molecular weight excluding hydrogens is 414 g/mol. The molecule has 0 unspecified atom stereocenters. The molecule has 2 heterocycles. The van der Waals surface area contributed by atoms with Gasteiger partial charge in [0.1, 0.15) is 5.76 Å². The van der Waals surface area contributed by atoms with Gasteiger partial charge in [-0.3, -0.25) is 9.10 Å². The molecule has 1 aromatic heterocycles. The zero-order chi connectivity index (χ0) is 22.2.